The van der Waals surface area contributed by atoms with E-state index in [0.717, 1.165) is 12.0 Å². The smallest absolute Gasteiger partial charge is 0.231 e. The van der Waals surface area contributed by atoms with Crippen LogP contribution in [-0.4, -0.2) is 5.78 Å². The zero-order chi connectivity index (χ0) is 16.4. The van der Waals surface area contributed by atoms with Gasteiger partial charge in [-0.3, -0.25) is 4.79 Å². The first-order valence-electron chi connectivity index (χ1n) is 7.96. The average Bonchev–Trinajstić information content (AvgIpc) is 2.92. The normalized spacial score (nSPS) is 14.5. The molecule has 0 atom stereocenters. The summed E-state index contributed by atoms with van der Waals surface area (Å²) in [6, 6.07) is 25.9. The minimum absolute atomic E-state index is 0.0564. The lowest BCUT2D eigenvalue weighted by Gasteiger charge is -2.04. The fourth-order valence-corrected chi connectivity index (χ4v) is 2.91. The van der Waals surface area contributed by atoms with E-state index >= 15 is 0 Å². The zero-order valence-electron chi connectivity index (χ0n) is 13.1. The molecule has 3 aromatic rings. The number of carbonyl (C=O) groups excluding carboxylic acids is 1. The zero-order valence-corrected chi connectivity index (χ0v) is 13.1. The Hall–Kier alpha value is -3.13. The summed E-state index contributed by atoms with van der Waals surface area (Å²) in [6.07, 6.45) is 2.68. The Balaban J connectivity index is 1.60. The molecular weight excluding hydrogens is 296 g/mol. The molecule has 0 amide bonds. The molecule has 2 nitrogen and oxygen atoms in total. The summed E-state index contributed by atoms with van der Waals surface area (Å²) >= 11 is 0. The fraction of sp³-hybridized carbons (Fsp3) is 0.0455. The van der Waals surface area contributed by atoms with Crippen LogP contribution in [0.3, 0.4) is 0 Å². The van der Waals surface area contributed by atoms with Gasteiger partial charge in [-0.2, -0.15) is 0 Å². The van der Waals surface area contributed by atoms with E-state index < -0.39 is 0 Å². The largest absolute Gasteiger partial charge is 0.452 e. The Labute approximate surface area is 141 Å². The Morgan fingerprint density at radius 1 is 0.792 bits per heavy atom. The van der Waals surface area contributed by atoms with Gasteiger partial charge in [0.25, 0.3) is 0 Å². The number of Topliss-reactive ketones (excluding diaryl/α,β-unsaturated/α-hetero) is 1. The molecule has 0 N–H and O–H groups in total. The molecule has 2 heteroatoms. The van der Waals surface area contributed by atoms with Crippen LogP contribution in [0, 0.1) is 0 Å². The predicted octanol–water partition coefficient (Wildman–Crippen LogP) is 4.89. The van der Waals surface area contributed by atoms with Crippen molar-refractivity contribution in [2.24, 2.45) is 0 Å². The van der Waals surface area contributed by atoms with Gasteiger partial charge in [-0.25, -0.2) is 0 Å². The van der Waals surface area contributed by atoms with E-state index in [4.69, 9.17) is 4.74 Å². The molecular formula is C22H16O2. The second-order valence-electron chi connectivity index (χ2n) is 5.84. The predicted molar refractivity (Wildman–Crippen MR) is 95.1 cm³/mol. The highest BCUT2D eigenvalue weighted by molar-refractivity contribution is 6.14. The highest BCUT2D eigenvalue weighted by atomic mass is 16.5. The lowest BCUT2D eigenvalue weighted by Crippen LogP contribution is -1.98. The highest BCUT2D eigenvalue weighted by Gasteiger charge is 2.26. The third-order valence-electron chi connectivity index (χ3n) is 4.08. The number of ether oxygens (including phenoxy) is 1. The second-order valence-corrected chi connectivity index (χ2v) is 5.84. The molecule has 1 aliphatic heterocycles. The van der Waals surface area contributed by atoms with Gasteiger partial charge in [-0.1, -0.05) is 66.7 Å². The molecule has 24 heavy (non-hydrogen) atoms. The van der Waals surface area contributed by atoms with Crippen molar-refractivity contribution in [1.82, 2.24) is 0 Å². The van der Waals surface area contributed by atoms with Crippen molar-refractivity contribution < 1.29 is 9.53 Å². The van der Waals surface area contributed by atoms with Crippen molar-refractivity contribution in [3.05, 3.63) is 107 Å². The molecule has 0 bridgehead atoms. The number of rotatable bonds is 3. The van der Waals surface area contributed by atoms with E-state index in [9.17, 15) is 4.79 Å². The van der Waals surface area contributed by atoms with Gasteiger partial charge in [-0.05, 0) is 41.3 Å². The van der Waals surface area contributed by atoms with Crippen LogP contribution in [0.1, 0.15) is 27.0 Å². The summed E-state index contributed by atoms with van der Waals surface area (Å²) in [5.41, 5.74) is 4.07. The van der Waals surface area contributed by atoms with Crippen molar-refractivity contribution in [3.8, 4) is 5.75 Å². The van der Waals surface area contributed by atoms with Crippen molar-refractivity contribution in [2.45, 2.75) is 6.42 Å². The van der Waals surface area contributed by atoms with E-state index in [1.54, 1.807) is 6.07 Å². The Morgan fingerprint density at radius 3 is 2.38 bits per heavy atom. The van der Waals surface area contributed by atoms with E-state index in [0.29, 0.717) is 17.1 Å². The van der Waals surface area contributed by atoms with Crippen molar-refractivity contribution in [1.29, 1.82) is 0 Å². The van der Waals surface area contributed by atoms with E-state index in [1.165, 1.54) is 11.1 Å². The van der Waals surface area contributed by atoms with Gasteiger partial charge in [0, 0.05) is 0 Å². The molecule has 116 valence electrons. The molecule has 0 radical (unpaired) electrons. The van der Waals surface area contributed by atoms with Crippen molar-refractivity contribution in [2.75, 3.05) is 0 Å². The first kappa shape index (κ1) is 14.5. The summed E-state index contributed by atoms with van der Waals surface area (Å²) < 4.78 is 5.69. The maximum atomic E-state index is 12.4. The van der Waals surface area contributed by atoms with Crippen LogP contribution in [0.15, 0.2) is 84.6 Å². The fourth-order valence-electron chi connectivity index (χ4n) is 2.91. The summed E-state index contributed by atoms with van der Waals surface area (Å²) in [4.78, 5) is 12.4. The minimum atomic E-state index is -0.0564. The number of hydrogen-bond donors (Lipinski definition) is 0. The maximum absolute atomic E-state index is 12.4. The summed E-state index contributed by atoms with van der Waals surface area (Å²) in [7, 11) is 0. The van der Waals surface area contributed by atoms with Gasteiger partial charge in [-0.15, -0.1) is 0 Å². The van der Waals surface area contributed by atoms with Crippen LogP contribution >= 0.6 is 0 Å². The van der Waals surface area contributed by atoms with Gasteiger partial charge in [0.2, 0.25) is 5.78 Å². The minimum Gasteiger partial charge on any atom is -0.452 e. The van der Waals surface area contributed by atoms with Crippen LogP contribution in [0.2, 0.25) is 0 Å². The summed E-state index contributed by atoms with van der Waals surface area (Å²) in [5.74, 6) is 0.960. The van der Waals surface area contributed by atoms with Gasteiger partial charge in [0.05, 0.1) is 5.56 Å². The molecule has 0 aliphatic carbocycles. The third kappa shape index (κ3) is 2.86. The van der Waals surface area contributed by atoms with E-state index in [2.05, 4.69) is 24.3 Å². The van der Waals surface area contributed by atoms with Gasteiger partial charge < -0.3 is 4.74 Å². The molecule has 0 aromatic heterocycles. The van der Waals surface area contributed by atoms with Crippen LogP contribution in [0.4, 0.5) is 0 Å². The van der Waals surface area contributed by atoms with Gasteiger partial charge in [0.1, 0.15) is 5.75 Å². The van der Waals surface area contributed by atoms with Gasteiger partial charge >= 0.3 is 0 Å². The van der Waals surface area contributed by atoms with Crippen molar-refractivity contribution >= 4 is 11.9 Å². The Morgan fingerprint density at radius 2 is 1.54 bits per heavy atom. The van der Waals surface area contributed by atoms with E-state index in [-0.39, 0.29) is 5.78 Å². The standard InChI is InChI=1S/C22H16O2/c23-22-19-11-4-5-12-20(19)24-21(22)15-18-10-6-9-17(14-18)13-16-7-2-1-3-8-16/h1-12,14-15H,13H2/b21-15-. The number of benzene rings is 3. The third-order valence-corrected chi connectivity index (χ3v) is 4.08. The second kappa shape index (κ2) is 6.17. The molecule has 0 spiro atoms. The SMILES string of the molecule is O=C1/C(=C/c2cccc(Cc3ccccc3)c2)Oc2ccccc21. The molecule has 0 unspecified atom stereocenters. The lowest BCUT2D eigenvalue weighted by atomic mass is 10.0. The van der Waals surface area contributed by atoms with Crippen LogP contribution in [0.25, 0.3) is 6.08 Å². The number of fused-ring (bicyclic) bond motifs is 1. The van der Waals surface area contributed by atoms with Crippen LogP contribution < -0.4 is 4.74 Å². The molecule has 0 fully saturated rings. The molecule has 0 saturated heterocycles. The number of carbonyl (C=O) groups is 1. The topological polar surface area (TPSA) is 26.3 Å². The first-order chi connectivity index (χ1) is 11.8. The van der Waals surface area contributed by atoms with Crippen molar-refractivity contribution in [3.63, 3.8) is 0 Å². The molecule has 0 saturated carbocycles. The van der Waals surface area contributed by atoms with Crippen LogP contribution in [0.5, 0.6) is 5.75 Å². The Kier molecular flexibility index (Phi) is 3.72. The molecule has 4 rings (SSSR count). The number of hydrogen-bond acceptors (Lipinski definition) is 2. The van der Waals surface area contributed by atoms with E-state index in [1.807, 2.05) is 54.6 Å². The number of ketones is 1. The number of para-hydroxylation sites is 1. The maximum Gasteiger partial charge on any atom is 0.231 e. The molecule has 1 aliphatic rings. The average molecular weight is 312 g/mol. The summed E-state index contributed by atoms with van der Waals surface area (Å²) in [6.45, 7) is 0. The van der Waals surface area contributed by atoms with Gasteiger partial charge in [0.15, 0.2) is 5.76 Å². The first-order valence-corrected chi connectivity index (χ1v) is 7.96. The summed E-state index contributed by atoms with van der Waals surface area (Å²) in [5, 5.41) is 0. The lowest BCUT2D eigenvalue weighted by molar-refractivity contribution is 0.101. The van der Waals surface area contributed by atoms with Crippen LogP contribution in [-0.2, 0) is 6.42 Å². The molecule has 1 heterocycles. The molecule has 3 aromatic carbocycles. The Bertz CT molecular complexity index is 923. The monoisotopic (exact) mass is 312 g/mol. The quantitative estimate of drug-likeness (QED) is 0.643. The highest BCUT2D eigenvalue weighted by Crippen LogP contribution is 2.31. The number of allylic oxidation sites excluding steroid dienone is 1.